The van der Waals surface area contributed by atoms with Gasteiger partial charge in [-0.25, -0.2) is 0 Å². The molecule has 0 aromatic carbocycles. The number of aliphatic hydroxyl groups is 1. The van der Waals surface area contributed by atoms with Gasteiger partial charge in [-0.2, -0.15) is 5.11 Å². The van der Waals surface area contributed by atoms with Crippen LogP contribution in [0.2, 0.25) is 0 Å². The molecule has 5 rings (SSSR count). The summed E-state index contributed by atoms with van der Waals surface area (Å²) in [5.41, 5.74) is 0. The highest BCUT2D eigenvalue weighted by atomic mass is 16.9. The van der Waals surface area contributed by atoms with Gasteiger partial charge in [0.25, 0.3) is 5.79 Å². The van der Waals surface area contributed by atoms with Crippen molar-refractivity contribution in [3.8, 4) is 0 Å². The Bertz CT molecular complexity index is 510. The third-order valence-electron chi connectivity index (χ3n) is 6.46. The maximum Gasteiger partial charge on any atom is 0.260 e. The molecule has 5 fully saturated rings. The molecule has 0 aromatic heterocycles. The third kappa shape index (κ3) is 2.67. The Hall–Kier alpha value is -0.280. The molecule has 25 heavy (non-hydrogen) atoms. The van der Waals surface area contributed by atoms with Crippen molar-refractivity contribution in [3.05, 3.63) is 0 Å². The zero-order chi connectivity index (χ0) is 17.1. The van der Waals surface area contributed by atoms with E-state index in [4.69, 9.17) is 23.7 Å². The van der Waals surface area contributed by atoms with Crippen molar-refractivity contribution in [2.45, 2.75) is 106 Å². The molecule has 2 aliphatic carbocycles. The third-order valence-corrected chi connectivity index (χ3v) is 6.46. The van der Waals surface area contributed by atoms with Crippen LogP contribution in [0, 0.1) is 0 Å². The number of hydrogen-bond donors (Lipinski definition) is 1. The highest BCUT2D eigenvalue weighted by Gasteiger charge is 2.68. The van der Waals surface area contributed by atoms with E-state index in [0.717, 1.165) is 57.8 Å². The fourth-order valence-corrected chi connectivity index (χ4v) is 5.13. The van der Waals surface area contributed by atoms with Crippen LogP contribution in [0.3, 0.4) is 0 Å². The van der Waals surface area contributed by atoms with Gasteiger partial charge in [0.1, 0.15) is 12.2 Å². The van der Waals surface area contributed by atoms with E-state index >= 15 is 0 Å². The Morgan fingerprint density at radius 1 is 0.760 bits per heavy atom. The molecule has 0 bridgehead atoms. The highest BCUT2D eigenvalue weighted by molar-refractivity contribution is 5.04. The van der Waals surface area contributed by atoms with Gasteiger partial charge in [-0.15, -0.1) is 0 Å². The molecular weight excluding hydrogens is 328 g/mol. The van der Waals surface area contributed by atoms with Crippen molar-refractivity contribution in [2.75, 3.05) is 6.61 Å². The summed E-state index contributed by atoms with van der Waals surface area (Å²) in [6, 6.07) is 0. The van der Waals surface area contributed by atoms with E-state index in [2.05, 4.69) is 0 Å². The van der Waals surface area contributed by atoms with Gasteiger partial charge >= 0.3 is 0 Å². The first-order valence-corrected chi connectivity index (χ1v) is 9.78. The zero-order valence-electron chi connectivity index (χ0n) is 14.5. The van der Waals surface area contributed by atoms with Gasteiger partial charge in [-0.3, -0.25) is 0 Å². The fraction of sp³-hybridized carbons (Fsp3) is 1.00. The summed E-state index contributed by atoms with van der Waals surface area (Å²) in [5.74, 6) is -3.75. The van der Waals surface area contributed by atoms with Crippen LogP contribution in [0.1, 0.15) is 64.2 Å². The van der Waals surface area contributed by atoms with E-state index in [1.165, 1.54) is 6.42 Å². The van der Waals surface area contributed by atoms with E-state index in [-0.39, 0.29) is 6.61 Å². The minimum Gasteiger partial charge on any atom is -0.359 e. The van der Waals surface area contributed by atoms with Gasteiger partial charge in [0.05, 0.1) is 6.61 Å². The fourth-order valence-electron chi connectivity index (χ4n) is 5.13. The van der Waals surface area contributed by atoms with Gasteiger partial charge in [-0.05, 0) is 25.7 Å². The summed E-state index contributed by atoms with van der Waals surface area (Å²) in [5, 5.41) is 23.7. The Kier molecular flexibility index (Phi) is 3.95. The Labute approximate surface area is 147 Å². The molecule has 7 nitrogen and oxygen atoms in total. The van der Waals surface area contributed by atoms with Gasteiger partial charge in [-0.1, -0.05) is 12.8 Å². The molecule has 3 saturated heterocycles. The number of rotatable bonds is 1. The molecule has 0 aromatic rings. The van der Waals surface area contributed by atoms with Gasteiger partial charge in [0.15, 0.2) is 24.0 Å². The molecule has 0 amide bonds. The van der Waals surface area contributed by atoms with Crippen molar-refractivity contribution in [2.24, 2.45) is 0 Å². The second-order valence-corrected chi connectivity index (χ2v) is 8.24. The molecule has 141 valence electrons. The Morgan fingerprint density at radius 2 is 1.40 bits per heavy atom. The lowest BCUT2D eigenvalue weighted by Crippen LogP contribution is -2.53. The molecule has 1 radical (unpaired) electrons. The van der Waals surface area contributed by atoms with Crippen LogP contribution in [-0.4, -0.2) is 53.7 Å². The SMILES string of the molecule is [O][C@@]1(O)[C@@H]([C@H]2COC3(CCCCC3)O2)OC2OC3(CCCCC3)O[C@@H]21. The first-order chi connectivity index (χ1) is 12.0. The molecule has 3 heterocycles. The quantitative estimate of drug-likeness (QED) is 0.724. The first kappa shape index (κ1) is 16.9. The van der Waals surface area contributed by atoms with E-state index in [1.807, 2.05) is 0 Å². The Morgan fingerprint density at radius 3 is 2.04 bits per heavy atom. The minimum atomic E-state index is -2.39. The zero-order valence-corrected chi connectivity index (χ0v) is 14.5. The molecule has 5 aliphatic rings. The van der Waals surface area contributed by atoms with Crippen molar-refractivity contribution in [1.29, 1.82) is 0 Å². The van der Waals surface area contributed by atoms with Crippen molar-refractivity contribution < 1.29 is 33.9 Å². The summed E-state index contributed by atoms with van der Waals surface area (Å²) in [7, 11) is 0. The van der Waals surface area contributed by atoms with Crippen LogP contribution in [0.25, 0.3) is 0 Å². The Balaban J connectivity index is 1.29. The summed E-state index contributed by atoms with van der Waals surface area (Å²) < 4.78 is 29.7. The minimum absolute atomic E-state index is 0.264. The van der Waals surface area contributed by atoms with Gasteiger partial charge in [0.2, 0.25) is 0 Å². The van der Waals surface area contributed by atoms with Crippen molar-refractivity contribution in [1.82, 2.24) is 0 Å². The lowest BCUT2D eigenvalue weighted by Gasteiger charge is -2.36. The molecule has 1 unspecified atom stereocenters. The molecule has 1 N–H and O–H groups in total. The maximum atomic E-state index is 13.0. The molecule has 5 atom stereocenters. The van der Waals surface area contributed by atoms with Gasteiger partial charge < -0.3 is 28.8 Å². The summed E-state index contributed by atoms with van der Waals surface area (Å²) in [6.45, 7) is 0.264. The number of ether oxygens (including phenoxy) is 5. The lowest BCUT2D eigenvalue weighted by atomic mass is 9.94. The standard InChI is InChI=1S/C18H27O7/c19-18(20)13(12-11-21-16(23-12)7-3-1-4-8-16)22-15-14(18)24-17(25-15)9-5-2-6-10-17/h12-15,19H,1-11H2/t12-,13-,14+,15?,18+/m1/s1. The maximum absolute atomic E-state index is 13.0. The van der Waals surface area contributed by atoms with Crippen LogP contribution in [0.15, 0.2) is 0 Å². The average molecular weight is 355 g/mol. The monoisotopic (exact) mass is 355 g/mol. The first-order valence-electron chi connectivity index (χ1n) is 9.78. The predicted molar refractivity (Wildman–Crippen MR) is 82.7 cm³/mol. The van der Waals surface area contributed by atoms with Crippen molar-refractivity contribution >= 4 is 0 Å². The van der Waals surface area contributed by atoms with Crippen LogP contribution in [0.4, 0.5) is 0 Å². The van der Waals surface area contributed by atoms with Crippen molar-refractivity contribution in [3.63, 3.8) is 0 Å². The second-order valence-electron chi connectivity index (χ2n) is 8.24. The molecule has 2 saturated carbocycles. The van der Waals surface area contributed by atoms with Crippen LogP contribution < -0.4 is 0 Å². The smallest absolute Gasteiger partial charge is 0.260 e. The van der Waals surface area contributed by atoms with Crippen LogP contribution in [-0.2, 0) is 28.8 Å². The normalized spacial score (nSPS) is 44.4. The van der Waals surface area contributed by atoms with E-state index in [0.29, 0.717) is 0 Å². The van der Waals surface area contributed by atoms with E-state index < -0.39 is 42.0 Å². The summed E-state index contributed by atoms with van der Waals surface area (Å²) in [4.78, 5) is 0. The number of fused-ring (bicyclic) bond motifs is 1. The summed E-state index contributed by atoms with van der Waals surface area (Å²) >= 11 is 0. The highest BCUT2D eigenvalue weighted by Crippen LogP contribution is 2.50. The number of hydrogen-bond acceptors (Lipinski definition) is 6. The molecule has 7 heteroatoms. The van der Waals surface area contributed by atoms with E-state index in [9.17, 15) is 10.2 Å². The van der Waals surface area contributed by atoms with Gasteiger partial charge in [0, 0.05) is 25.7 Å². The molecule has 3 aliphatic heterocycles. The molecule has 2 spiro atoms. The topological polar surface area (TPSA) is 86.3 Å². The lowest BCUT2D eigenvalue weighted by molar-refractivity contribution is -0.328. The predicted octanol–water partition coefficient (Wildman–Crippen LogP) is 1.98. The molecular formula is C18H27O7. The van der Waals surface area contributed by atoms with E-state index in [1.54, 1.807) is 0 Å². The second kappa shape index (κ2) is 5.86. The summed E-state index contributed by atoms with van der Waals surface area (Å²) in [6.07, 6.45) is 6.14. The van der Waals surface area contributed by atoms with Crippen LogP contribution >= 0.6 is 0 Å². The van der Waals surface area contributed by atoms with Crippen LogP contribution in [0.5, 0.6) is 0 Å². The largest absolute Gasteiger partial charge is 0.359 e. The average Bonchev–Trinajstić information content (AvgIpc) is 3.22.